The molecule has 1 amide bonds. The Morgan fingerprint density at radius 3 is 2.46 bits per heavy atom. The summed E-state index contributed by atoms with van der Waals surface area (Å²) >= 11 is 0. The van der Waals surface area contributed by atoms with E-state index < -0.39 is 0 Å². The Kier molecular flexibility index (Phi) is 4.16. The fourth-order valence-electron chi connectivity index (χ4n) is 3.05. The van der Waals surface area contributed by atoms with Crippen LogP contribution in [0, 0.1) is 12.8 Å². The monoisotopic (exact) mass is 349 g/mol. The predicted octanol–water partition coefficient (Wildman–Crippen LogP) is 3.80. The van der Waals surface area contributed by atoms with Crippen molar-refractivity contribution < 1.29 is 13.9 Å². The highest BCUT2D eigenvalue weighted by atomic mass is 16.5. The van der Waals surface area contributed by atoms with Crippen LogP contribution in [0.5, 0.6) is 5.75 Å². The molecule has 1 saturated carbocycles. The maximum Gasteiger partial charge on any atom is 0.247 e. The smallest absolute Gasteiger partial charge is 0.247 e. The lowest BCUT2D eigenvalue weighted by Crippen LogP contribution is -2.14. The van der Waals surface area contributed by atoms with Gasteiger partial charge >= 0.3 is 0 Å². The molecule has 0 radical (unpaired) electrons. The van der Waals surface area contributed by atoms with E-state index in [0.717, 1.165) is 23.4 Å². The summed E-state index contributed by atoms with van der Waals surface area (Å²) in [6.45, 7) is 1.75. The molecule has 6 nitrogen and oxygen atoms in total. The van der Waals surface area contributed by atoms with Gasteiger partial charge in [-0.05, 0) is 54.3 Å². The first-order valence-corrected chi connectivity index (χ1v) is 8.49. The molecule has 0 saturated heterocycles. The van der Waals surface area contributed by atoms with E-state index in [9.17, 15) is 4.79 Å². The lowest BCUT2D eigenvalue weighted by molar-refractivity contribution is -0.117. The van der Waals surface area contributed by atoms with E-state index in [1.165, 1.54) is 5.56 Å². The first-order chi connectivity index (χ1) is 12.6. The van der Waals surface area contributed by atoms with E-state index in [1.54, 1.807) is 14.0 Å². The highest BCUT2D eigenvalue weighted by Crippen LogP contribution is 2.48. The summed E-state index contributed by atoms with van der Waals surface area (Å²) in [5.74, 6) is 2.17. The number of rotatable bonds is 5. The van der Waals surface area contributed by atoms with E-state index in [4.69, 9.17) is 9.15 Å². The van der Waals surface area contributed by atoms with Gasteiger partial charge in [0.15, 0.2) is 0 Å². The number of benzene rings is 2. The normalized spacial score (nSPS) is 18.4. The van der Waals surface area contributed by atoms with Crippen molar-refractivity contribution in [3.8, 4) is 17.2 Å². The molecule has 132 valence electrons. The molecule has 1 heterocycles. The summed E-state index contributed by atoms with van der Waals surface area (Å²) in [6.07, 6.45) is 0.873. The third-order valence-corrected chi connectivity index (χ3v) is 4.60. The van der Waals surface area contributed by atoms with Crippen molar-refractivity contribution in [2.45, 2.75) is 19.3 Å². The molecular formula is C20H19N3O3. The van der Waals surface area contributed by atoms with Crippen LogP contribution < -0.4 is 10.1 Å². The summed E-state index contributed by atoms with van der Waals surface area (Å²) in [6, 6.07) is 15.3. The van der Waals surface area contributed by atoms with Crippen molar-refractivity contribution in [3.63, 3.8) is 0 Å². The summed E-state index contributed by atoms with van der Waals surface area (Å²) < 4.78 is 10.6. The third kappa shape index (κ3) is 3.31. The standard InChI is InChI=1S/C20H19N3O3/c1-12-22-23-20(26-12)14-3-7-15(8-4-14)21-19(24)18-11-17(18)13-5-9-16(25-2)10-6-13/h3-10,17-18H,11H2,1-2H3,(H,21,24). The predicted molar refractivity (Wildman–Crippen MR) is 96.9 cm³/mol. The van der Waals surface area contributed by atoms with Crippen LogP contribution >= 0.6 is 0 Å². The van der Waals surface area contributed by atoms with Gasteiger partial charge in [-0.1, -0.05) is 12.1 Å². The number of carbonyl (C=O) groups excluding carboxylic acids is 1. The molecule has 1 aliphatic carbocycles. The Bertz CT molecular complexity index is 916. The van der Waals surface area contributed by atoms with Gasteiger partial charge in [0, 0.05) is 24.1 Å². The number of nitrogens with zero attached hydrogens (tertiary/aromatic N) is 2. The maximum atomic E-state index is 12.5. The molecule has 0 bridgehead atoms. The van der Waals surface area contributed by atoms with Crippen LogP contribution in [0.2, 0.25) is 0 Å². The van der Waals surface area contributed by atoms with Crippen LogP contribution in [-0.2, 0) is 4.79 Å². The van der Waals surface area contributed by atoms with Gasteiger partial charge < -0.3 is 14.5 Å². The maximum absolute atomic E-state index is 12.5. The number of carbonyl (C=O) groups is 1. The van der Waals surface area contributed by atoms with Gasteiger partial charge in [0.2, 0.25) is 17.7 Å². The molecule has 2 aromatic carbocycles. The van der Waals surface area contributed by atoms with Crippen LogP contribution in [-0.4, -0.2) is 23.2 Å². The second kappa shape index (κ2) is 6.63. The van der Waals surface area contributed by atoms with Gasteiger partial charge in [-0.25, -0.2) is 0 Å². The minimum atomic E-state index is 0.0154. The number of hydrogen-bond acceptors (Lipinski definition) is 5. The quantitative estimate of drug-likeness (QED) is 0.758. The molecule has 1 aromatic heterocycles. The Hall–Kier alpha value is -3.15. The highest BCUT2D eigenvalue weighted by molar-refractivity contribution is 5.95. The number of nitrogens with one attached hydrogen (secondary N) is 1. The number of aromatic nitrogens is 2. The van der Waals surface area contributed by atoms with Crippen molar-refractivity contribution in [1.82, 2.24) is 10.2 Å². The minimum absolute atomic E-state index is 0.0154. The number of methoxy groups -OCH3 is 1. The third-order valence-electron chi connectivity index (χ3n) is 4.60. The summed E-state index contributed by atoms with van der Waals surface area (Å²) in [4.78, 5) is 12.5. The second-order valence-electron chi connectivity index (χ2n) is 6.41. The SMILES string of the molecule is COc1ccc(C2CC2C(=O)Nc2ccc(-c3nnc(C)o3)cc2)cc1. The van der Waals surface area contributed by atoms with E-state index in [2.05, 4.69) is 15.5 Å². The molecule has 4 rings (SSSR count). The Balaban J connectivity index is 1.38. The van der Waals surface area contributed by atoms with Crippen LogP contribution in [0.3, 0.4) is 0 Å². The van der Waals surface area contributed by atoms with Crippen molar-refractivity contribution in [2.24, 2.45) is 5.92 Å². The summed E-state index contributed by atoms with van der Waals surface area (Å²) in [5, 5.41) is 10.8. The van der Waals surface area contributed by atoms with E-state index in [1.807, 2.05) is 48.5 Å². The zero-order chi connectivity index (χ0) is 18.1. The molecular weight excluding hydrogens is 330 g/mol. The van der Waals surface area contributed by atoms with E-state index in [-0.39, 0.29) is 17.7 Å². The second-order valence-corrected chi connectivity index (χ2v) is 6.41. The number of amides is 1. The number of anilines is 1. The Labute approximate surface area is 151 Å². The lowest BCUT2D eigenvalue weighted by Gasteiger charge is -2.06. The van der Waals surface area contributed by atoms with Crippen molar-refractivity contribution >= 4 is 11.6 Å². The molecule has 2 atom stereocenters. The van der Waals surface area contributed by atoms with Gasteiger partial charge in [-0.15, -0.1) is 10.2 Å². The zero-order valence-corrected chi connectivity index (χ0v) is 14.6. The summed E-state index contributed by atoms with van der Waals surface area (Å²) in [7, 11) is 1.65. The molecule has 3 aromatic rings. The van der Waals surface area contributed by atoms with Crippen molar-refractivity contribution in [1.29, 1.82) is 0 Å². The fourth-order valence-corrected chi connectivity index (χ4v) is 3.05. The van der Waals surface area contributed by atoms with Gasteiger partial charge in [-0.2, -0.15) is 0 Å². The van der Waals surface area contributed by atoms with Crippen molar-refractivity contribution in [2.75, 3.05) is 12.4 Å². The van der Waals surface area contributed by atoms with E-state index >= 15 is 0 Å². The van der Waals surface area contributed by atoms with Crippen LogP contribution in [0.4, 0.5) is 5.69 Å². The zero-order valence-electron chi connectivity index (χ0n) is 14.6. The summed E-state index contributed by atoms with van der Waals surface area (Å²) in [5.41, 5.74) is 2.76. The largest absolute Gasteiger partial charge is 0.497 e. The molecule has 1 aliphatic rings. The van der Waals surface area contributed by atoms with Gasteiger partial charge in [0.05, 0.1) is 7.11 Å². The van der Waals surface area contributed by atoms with E-state index in [0.29, 0.717) is 11.8 Å². The molecule has 26 heavy (non-hydrogen) atoms. The number of ether oxygens (including phenoxy) is 1. The van der Waals surface area contributed by atoms with Gasteiger partial charge in [0.1, 0.15) is 5.75 Å². The lowest BCUT2D eigenvalue weighted by atomic mass is 10.1. The molecule has 2 unspecified atom stereocenters. The number of aryl methyl sites for hydroxylation is 1. The topological polar surface area (TPSA) is 77.2 Å². The van der Waals surface area contributed by atoms with Gasteiger partial charge in [0.25, 0.3) is 0 Å². The minimum Gasteiger partial charge on any atom is -0.497 e. The molecule has 1 N–H and O–H groups in total. The first kappa shape index (κ1) is 16.3. The molecule has 0 spiro atoms. The van der Waals surface area contributed by atoms with Crippen LogP contribution in [0.1, 0.15) is 23.8 Å². The average Bonchev–Trinajstić information content (AvgIpc) is 3.36. The number of hydrogen-bond donors (Lipinski definition) is 1. The first-order valence-electron chi connectivity index (χ1n) is 8.49. The fraction of sp³-hybridized carbons (Fsp3) is 0.250. The van der Waals surface area contributed by atoms with Gasteiger partial charge in [-0.3, -0.25) is 4.79 Å². The highest BCUT2D eigenvalue weighted by Gasteiger charge is 2.43. The van der Waals surface area contributed by atoms with Crippen LogP contribution in [0.25, 0.3) is 11.5 Å². The van der Waals surface area contributed by atoms with Crippen molar-refractivity contribution in [3.05, 3.63) is 60.0 Å². The van der Waals surface area contributed by atoms with Crippen LogP contribution in [0.15, 0.2) is 52.9 Å². The average molecular weight is 349 g/mol. The molecule has 6 heteroatoms. The molecule has 0 aliphatic heterocycles. The Morgan fingerprint density at radius 1 is 1.12 bits per heavy atom. The molecule has 1 fully saturated rings. The Morgan fingerprint density at radius 2 is 1.85 bits per heavy atom.